The molecule has 0 spiro atoms. The fraction of sp³-hybridized carbons (Fsp3) is 0.474. The third-order valence-electron chi connectivity index (χ3n) is 5.07. The fourth-order valence-electron chi connectivity index (χ4n) is 3.74. The Labute approximate surface area is 148 Å². The summed E-state index contributed by atoms with van der Waals surface area (Å²) >= 11 is 0. The van der Waals surface area contributed by atoms with Gasteiger partial charge in [0.1, 0.15) is 0 Å². The van der Waals surface area contributed by atoms with Gasteiger partial charge in [-0.05, 0) is 24.5 Å². The summed E-state index contributed by atoms with van der Waals surface area (Å²) in [4.78, 5) is 16.9. The number of rotatable bonds is 3. The molecule has 132 valence electrons. The number of aromatic nitrogens is 2. The maximum Gasteiger partial charge on any atom is 0.274 e. The number of aryl methyl sites for hydroxylation is 1. The summed E-state index contributed by atoms with van der Waals surface area (Å²) in [5.74, 6) is 0.0168. The highest BCUT2D eigenvalue weighted by atomic mass is 16.2. The van der Waals surface area contributed by atoms with Crippen LogP contribution in [0.2, 0.25) is 0 Å². The molecule has 1 aromatic heterocycles. The van der Waals surface area contributed by atoms with E-state index < -0.39 is 0 Å². The average molecular weight is 339 g/mol. The van der Waals surface area contributed by atoms with Crippen molar-refractivity contribution >= 4 is 5.91 Å². The fourth-order valence-corrected chi connectivity index (χ4v) is 3.74. The number of hydrogen-bond donors (Lipinski definition) is 1. The minimum absolute atomic E-state index is 0.0168. The van der Waals surface area contributed by atoms with Gasteiger partial charge in [0.25, 0.3) is 5.91 Å². The zero-order valence-corrected chi connectivity index (χ0v) is 14.5. The molecule has 3 heterocycles. The monoisotopic (exact) mass is 339 g/mol. The second-order valence-electron chi connectivity index (χ2n) is 7.09. The zero-order valence-electron chi connectivity index (χ0n) is 14.5. The molecule has 6 nitrogen and oxygen atoms in total. The van der Waals surface area contributed by atoms with Crippen molar-refractivity contribution in [3.05, 3.63) is 53.3 Å². The smallest absolute Gasteiger partial charge is 0.274 e. The minimum atomic E-state index is 0.0168. The lowest BCUT2D eigenvalue weighted by atomic mass is 10.2. The first-order chi connectivity index (χ1) is 12.2. The van der Waals surface area contributed by atoms with E-state index >= 15 is 0 Å². The molecule has 1 amide bonds. The van der Waals surface area contributed by atoms with Gasteiger partial charge in [0, 0.05) is 45.3 Å². The molecule has 0 bridgehead atoms. The van der Waals surface area contributed by atoms with E-state index in [1.807, 2.05) is 21.7 Å². The van der Waals surface area contributed by atoms with Gasteiger partial charge in [-0.25, -0.2) is 0 Å². The lowest BCUT2D eigenvalue weighted by Crippen LogP contribution is -2.32. The van der Waals surface area contributed by atoms with Gasteiger partial charge in [-0.15, -0.1) is 0 Å². The number of amides is 1. The summed E-state index contributed by atoms with van der Waals surface area (Å²) in [5.41, 5.74) is 8.93. The van der Waals surface area contributed by atoms with Crippen LogP contribution in [0.1, 0.15) is 34.6 Å². The first-order valence-electron chi connectivity index (χ1n) is 9.07. The molecular weight excluding hydrogens is 314 g/mol. The molecule has 25 heavy (non-hydrogen) atoms. The zero-order chi connectivity index (χ0) is 17.2. The molecule has 1 fully saturated rings. The van der Waals surface area contributed by atoms with Gasteiger partial charge in [0.15, 0.2) is 5.69 Å². The molecule has 4 rings (SSSR count). The third kappa shape index (κ3) is 3.60. The maximum atomic E-state index is 12.6. The molecule has 2 aliphatic rings. The Bertz CT molecular complexity index is 742. The summed E-state index contributed by atoms with van der Waals surface area (Å²) in [6.07, 6.45) is 1.92. The molecule has 1 atom stereocenters. The van der Waals surface area contributed by atoms with Gasteiger partial charge < -0.3 is 10.6 Å². The standard InChI is InChI=1S/C19H25N5O/c20-16-7-10-23(13-16)19(25)18-11-17-14-22(8-4-9-24(17)21-18)12-15-5-2-1-3-6-15/h1-3,5-6,11,16H,4,7-10,12-14,20H2/t16-/m0/s1. The van der Waals surface area contributed by atoms with Crippen molar-refractivity contribution in [1.29, 1.82) is 0 Å². The predicted molar refractivity (Wildman–Crippen MR) is 95.9 cm³/mol. The number of likely N-dealkylation sites (tertiary alicyclic amines) is 1. The molecule has 2 aromatic rings. The van der Waals surface area contributed by atoms with Crippen molar-refractivity contribution in [1.82, 2.24) is 19.6 Å². The topological polar surface area (TPSA) is 67.4 Å². The summed E-state index contributed by atoms with van der Waals surface area (Å²) in [5, 5.41) is 4.58. The summed E-state index contributed by atoms with van der Waals surface area (Å²) in [6, 6.07) is 12.6. The van der Waals surface area contributed by atoms with Crippen molar-refractivity contribution in [3.8, 4) is 0 Å². The lowest BCUT2D eigenvalue weighted by molar-refractivity contribution is 0.0784. The summed E-state index contributed by atoms with van der Waals surface area (Å²) in [6.45, 7) is 5.05. The van der Waals surface area contributed by atoms with Crippen LogP contribution in [0, 0.1) is 0 Å². The number of carbonyl (C=O) groups is 1. The van der Waals surface area contributed by atoms with Crippen LogP contribution in [0.15, 0.2) is 36.4 Å². The Morgan fingerprint density at radius 3 is 2.80 bits per heavy atom. The molecule has 2 aliphatic heterocycles. The van der Waals surface area contributed by atoms with Crippen LogP contribution in [0.5, 0.6) is 0 Å². The summed E-state index contributed by atoms with van der Waals surface area (Å²) in [7, 11) is 0. The highest BCUT2D eigenvalue weighted by molar-refractivity contribution is 5.92. The normalized spacial score (nSPS) is 21.2. The molecule has 1 aromatic carbocycles. The average Bonchev–Trinajstić information content (AvgIpc) is 3.17. The van der Waals surface area contributed by atoms with Crippen LogP contribution in [0.25, 0.3) is 0 Å². The Morgan fingerprint density at radius 1 is 1.20 bits per heavy atom. The second-order valence-corrected chi connectivity index (χ2v) is 7.09. The molecule has 0 aliphatic carbocycles. The van der Waals surface area contributed by atoms with Gasteiger partial charge in [-0.1, -0.05) is 30.3 Å². The van der Waals surface area contributed by atoms with E-state index in [1.165, 1.54) is 5.56 Å². The maximum absolute atomic E-state index is 12.6. The summed E-state index contributed by atoms with van der Waals surface area (Å²) < 4.78 is 2.01. The number of fused-ring (bicyclic) bond motifs is 1. The van der Waals surface area contributed by atoms with Crippen LogP contribution in [-0.2, 0) is 19.6 Å². The van der Waals surface area contributed by atoms with Crippen LogP contribution < -0.4 is 5.73 Å². The van der Waals surface area contributed by atoms with Gasteiger partial charge in [-0.3, -0.25) is 14.4 Å². The lowest BCUT2D eigenvalue weighted by Gasteiger charge is -2.19. The molecule has 6 heteroatoms. The van der Waals surface area contributed by atoms with Crippen molar-refractivity contribution < 1.29 is 4.79 Å². The van der Waals surface area contributed by atoms with E-state index in [-0.39, 0.29) is 11.9 Å². The van der Waals surface area contributed by atoms with E-state index in [4.69, 9.17) is 5.73 Å². The van der Waals surface area contributed by atoms with Crippen LogP contribution >= 0.6 is 0 Å². The van der Waals surface area contributed by atoms with Crippen molar-refractivity contribution in [3.63, 3.8) is 0 Å². The van der Waals surface area contributed by atoms with Crippen LogP contribution in [-0.4, -0.2) is 51.2 Å². The Balaban J connectivity index is 1.48. The van der Waals surface area contributed by atoms with E-state index in [0.29, 0.717) is 12.2 Å². The van der Waals surface area contributed by atoms with Gasteiger partial charge in [0.05, 0.1) is 5.69 Å². The van der Waals surface area contributed by atoms with E-state index in [0.717, 1.165) is 51.3 Å². The first kappa shape index (κ1) is 16.3. The van der Waals surface area contributed by atoms with Crippen molar-refractivity contribution in [2.45, 2.75) is 38.5 Å². The Hall–Kier alpha value is -2.18. The number of carbonyl (C=O) groups excluding carboxylic acids is 1. The quantitative estimate of drug-likeness (QED) is 0.919. The van der Waals surface area contributed by atoms with E-state index in [9.17, 15) is 4.79 Å². The molecule has 0 radical (unpaired) electrons. The van der Waals surface area contributed by atoms with E-state index in [2.05, 4.69) is 34.3 Å². The predicted octanol–water partition coefficient (Wildman–Crippen LogP) is 1.46. The third-order valence-corrected chi connectivity index (χ3v) is 5.07. The number of nitrogens with zero attached hydrogens (tertiary/aromatic N) is 4. The molecule has 0 unspecified atom stereocenters. The Kier molecular flexibility index (Phi) is 4.55. The SMILES string of the molecule is N[C@H]1CCN(C(=O)c2cc3n(n2)CCCN(Cc2ccccc2)C3)C1. The number of benzene rings is 1. The number of nitrogens with two attached hydrogens (primary N) is 1. The van der Waals surface area contributed by atoms with Gasteiger partial charge in [-0.2, -0.15) is 5.10 Å². The van der Waals surface area contributed by atoms with Crippen molar-refractivity contribution in [2.24, 2.45) is 5.73 Å². The van der Waals surface area contributed by atoms with E-state index in [1.54, 1.807) is 0 Å². The van der Waals surface area contributed by atoms with Gasteiger partial charge in [0.2, 0.25) is 0 Å². The molecule has 0 saturated carbocycles. The highest BCUT2D eigenvalue weighted by Gasteiger charge is 2.27. The van der Waals surface area contributed by atoms with Crippen LogP contribution in [0.3, 0.4) is 0 Å². The largest absolute Gasteiger partial charge is 0.336 e. The highest BCUT2D eigenvalue weighted by Crippen LogP contribution is 2.18. The second kappa shape index (κ2) is 6.98. The molecule has 2 N–H and O–H groups in total. The molecular formula is C19H25N5O. The van der Waals surface area contributed by atoms with Crippen molar-refractivity contribution in [2.75, 3.05) is 19.6 Å². The first-order valence-corrected chi connectivity index (χ1v) is 9.07. The Morgan fingerprint density at radius 2 is 2.04 bits per heavy atom. The van der Waals surface area contributed by atoms with Crippen LogP contribution in [0.4, 0.5) is 0 Å². The number of hydrogen-bond acceptors (Lipinski definition) is 4. The van der Waals surface area contributed by atoms with Gasteiger partial charge >= 0.3 is 0 Å². The minimum Gasteiger partial charge on any atom is -0.336 e. The molecule has 1 saturated heterocycles.